The lowest BCUT2D eigenvalue weighted by Crippen LogP contribution is -2.27. The molecule has 1 aliphatic rings. The molecular formula is C27H24N2O5. The maximum Gasteiger partial charge on any atom is 0.353 e. The molecule has 1 aromatic carbocycles. The summed E-state index contributed by atoms with van der Waals surface area (Å²) in [5, 5.41) is 20.0. The molecule has 0 radical (unpaired) electrons. The second kappa shape index (κ2) is 9.21. The van der Waals surface area contributed by atoms with E-state index in [9.17, 15) is 15.0 Å². The SMILES string of the molecule is C#CC#CC#Cc1c(C)c(C)c(-c2cc3cn(C4CC(O)C(CO)O4)c(=O)nc3o2)c(C)c1C. The number of aliphatic hydroxyl groups excluding tert-OH is 2. The van der Waals surface area contributed by atoms with Crippen LogP contribution in [0.3, 0.4) is 0 Å². The summed E-state index contributed by atoms with van der Waals surface area (Å²) in [7, 11) is 0. The van der Waals surface area contributed by atoms with Crippen molar-refractivity contribution in [1.82, 2.24) is 9.55 Å². The first kappa shape index (κ1) is 23.4. The van der Waals surface area contributed by atoms with Gasteiger partial charge >= 0.3 is 5.69 Å². The number of hydrogen-bond donors (Lipinski definition) is 2. The third-order valence-electron chi connectivity index (χ3n) is 6.39. The molecule has 0 saturated carbocycles. The summed E-state index contributed by atoms with van der Waals surface area (Å²) in [5.74, 6) is 13.9. The number of benzene rings is 1. The van der Waals surface area contributed by atoms with Gasteiger partial charge in [-0.1, -0.05) is 5.92 Å². The number of furan rings is 1. The van der Waals surface area contributed by atoms with Gasteiger partial charge in [-0.3, -0.25) is 4.57 Å². The molecular weight excluding hydrogens is 432 g/mol. The zero-order chi connectivity index (χ0) is 24.6. The summed E-state index contributed by atoms with van der Waals surface area (Å²) in [4.78, 5) is 16.7. The molecule has 0 bridgehead atoms. The Morgan fingerprint density at radius 3 is 2.47 bits per heavy atom. The average molecular weight is 456 g/mol. The van der Waals surface area contributed by atoms with Crippen LogP contribution in [0.4, 0.5) is 0 Å². The highest BCUT2D eigenvalue weighted by Gasteiger charge is 2.35. The van der Waals surface area contributed by atoms with E-state index in [2.05, 4.69) is 34.6 Å². The summed E-state index contributed by atoms with van der Waals surface area (Å²) in [5.41, 5.74) is 5.49. The van der Waals surface area contributed by atoms with Gasteiger partial charge in [-0.05, 0) is 79.7 Å². The topological polar surface area (TPSA) is 97.7 Å². The smallest absolute Gasteiger partial charge is 0.353 e. The minimum absolute atomic E-state index is 0.188. The number of rotatable bonds is 3. The number of aromatic nitrogens is 2. The number of aliphatic hydroxyl groups is 2. The van der Waals surface area contributed by atoms with Gasteiger partial charge in [0.1, 0.15) is 18.1 Å². The molecule has 3 atom stereocenters. The first-order valence-corrected chi connectivity index (χ1v) is 10.8. The van der Waals surface area contributed by atoms with E-state index in [0.717, 1.165) is 33.4 Å². The van der Waals surface area contributed by atoms with Crippen molar-refractivity contribution in [2.45, 2.75) is 52.6 Å². The van der Waals surface area contributed by atoms with Crippen LogP contribution < -0.4 is 5.69 Å². The molecule has 2 N–H and O–H groups in total. The lowest BCUT2D eigenvalue weighted by molar-refractivity contribution is -0.0457. The molecule has 34 heavy (non-hydrogen) atoms. The monoisotopic (exact) mass is 456 g/mol. The molecule has 4 rings (SSSR count). The number of nitrogens with zero attached hydrogens (tertiary/aromatic N) is 2. The van der Waals surface area contributed by atoms with Gasteiger partial charge in [-0.15, -0.1) is 6.42 Å². The Morgan fingerprint density at radius 2 is 1.85 bits per heavy atom. The Hall–Kier alpha value is -3.80. The van der Waals surface area contributed by atoms with Crippen molar-refractivity contribution in [3.8, 4) is 47.3 Å². The Bertz CT molecular complexity index is 1490. The van der Waals surface area contributed by atoms with Gasteiger partial charge in [0, 0.05) is 23.7 Å². The van der Waals surface area contributed by atoms with Gasteiger partial charge in [-0.2, -0.15) is 4.98 Å². The van der Waals surface area contributed by atoms with Crippen LogP contribution in [0.1, 0.15) is 40.5 Å². The Kier molecular flexibility index (Phi) is 6.33. The van der Waals surface area contributed by atoms with Crippen molar-refractivity contribution in [2.75, 3.05) is 6.61 Å². The van der Waals surface area contributed by atoms with E-state index >= 15 is 0 Å². The van der Waals surface area contributed by atoms with Gasteiger partial charge in [0.15, 0.2) is 0 Å². The third kappa shape index (κ3) is 4.00. The predicted octanol–water partition coefficient (Wildman–Crippen LogP) is 2.52. The second-order valence-electron chi connectivity index (χ2n) is 8.31. The third-order valence-corrected chi connectivity index (χ3v) is 6.39. The Balaban J connectivity index is 1.80. The van der Waals surface area contributed by atoms with Crippen LogP contribution in [0.5, 0.6) is 0 Å². The van der Waals surface area contributed by atoms with Crippen molar-refractivity contribution < 1.29 is 19.4 Å². The molecule has 172 valence electrons. The lowest BCUT2D eigenvalue weighted by atomic mass is 9.88. The average Bonchev–Trinajstić information content (AvgIpc) is 3.39. The van der Waals surface area contributed by atoms with Crippen molar-refractivity contribution in [1.29, 1.82) is 0 Å². The van der Waals surface area contributed by atoms with Gasteiger partial charge in [0.2, 0.25) is 5.71 Å². The molecule has 3 unspecified atom stereocenters. The van der Waals surface area contributed by atoms with E-state index in [4.69, 9.17) is 15.6 Å². The maximum absolute atomic E-state index is 12.6. The van der Waals surface area contributed by atoms with Crippen LogP contribution in [0.2, 0.25) is 0 Å². The number of hydrogen-bond acceptors (Lipinski definition) is 6. The van der Waals surface area contributed by atoms with Crippen LogP contribution >= 0.6 is 0 Å². The fourth-order valence-electron chi connectivity index (χ4n) is 4.34. The quantitative estimate of drug-likeness (QED) is 0.588. The molecule has 1 fully saturated rings. The molecule has 0 amide bonds. The van der Waals surface area contributed by atoms with Gasteiger partial charge in [0.05, 0.1) is 18.1 Å². The van der Waals surface area contributed by atoms with Gasteiger partial charge < -0.3 is 19.4 Å². The lowest BCUT2D eigenvalue weighted by Gasteiger charge is -2.16. The van der Waals surface area contributed by atoms with E-state index in [-0.39, 0.29) is 18.7 Å². The van der Waals surface area contributed by atoms with Crippen LogP contribution in [0.25, 0.3) is 22.4 Å². The Labute approximate surface area is 197 Å². The summed E-state index contributed by atoms with van der Waals surface area (Å²) in [6.07, 6.45) is 4.65. The normalized spacial score (nSPS) is 19.3. The molecule has 1 saturated heterocycles. The van der Waals surface area contributed by atoms with Crippen LogP contribution in [0, 0.1) is 63.7 Å². The summed E-state index contributed by atoms with van der Waals surface area (Å²) < 4.78 is 13.0. The molecule has 7 nitrogen and oxygen atoms in total. The van der Waals surface area contributed by atoms with Crippen LogP contribution in [-0.4, -0.2) is 38.6 Å². The summed E-state index contributed by atoms with van der Waals surface area (Å²) in [6, 6.07) is 1.84. The minimum Gasteiger partial charge on any atom is -0.437 e. The van der Waals surface area contributed by atoms with Crippen molar-refractivity contribution in [2.24, 2.45) is 0 Å². The zero-order valence-corrected chi connectivity index (χ0v) is 19.4. The van der Waals surface area contributed by atoms with E-state index in [1.807, 2.05) is 33.8 Å². The zero-order valence-electron chi connectivity index (χ0n) is 19.4. The molecule has 2 aromatic heterocycles. The van der Waals surface area contributed by atoms with E-state index < -0.39 is 24.1 Å². The molecule has 3 aromatic rings. The summed E-state index contributed by atoms with van der Waals surface area (Å²) in [6.45, 7) is 7.66. The van der Waals surface area contributed by atoms with Crippen molar-refractivity contribution in [3.05, 3.63) is 50.6 Å². The predicted molar refractivity (Wildman–Crippen MR) is 128 cm³/mol. The Morgan fingerprint density at radius 1 is 1.15 bits per heavy atom. The number of fused-ring (bicyclic) bond motifs is 1. The molecule has 0 aliphatic carbocycles. The first-order valence-electron chi connectivity index (χ1n) is 10.8. The fourth-order valence-corrected chi connectivity index (χ4v) is 4.34. The number of ether oxygens (including phenoxy) is 1. The molecule has 1 aliphatic heterocycles. The molecule has 0 spiro atoms. The van der Waals surface area contributed by atoms with Crippen LogP contribution in [0.15, 0.2) is 21.5 Å². The van der Waals surface area contributed by atoms with E-state index in [0.29, 0.717) is 11.1 Å². The van der Waals surface area contributed by atoms with Gasteiger partial charge in [0.25, 0.3) is 0 Å². The molecule has 7 heteroatoms. The second-order valence-corrected chi connectivity index (χ2v) is 8.31. The number of terminal acetylenes is 1. The minimum atomic E-state index is -0.854. The molecule has 3 heterocycles. The highest BCUT2D eigenvalue weighted by atomic mass is 16.5. The maximum atomic E-state index is 12.6. The standard InChI is InChI=1S/C27H24N2O5/c1-6-7-8-9-10-20-15(2)17(4)25(18(5)16(20)3)22-11-19-13-29(27(32)28-26(19)34-22)24-12-21(31)23(14-30)33-24/h1,11,13,21,23-24,30-31H,12,14H2,2-5H3. The fraction of sp³-hybridized carbons (Fsp3) is 0.333. The summed E-state index contributed by atoms with van der Waals surface area (Å²) >= 11 is 0. The largest absolute Gasteiger partial charge is 0.437 e. The first-order chi connectivity index (χ1) is 16.3. The highest BCUT2D eigenvalue weighted by Crippen LogP contribution is 2.37. The highest BCUT2D eigenvalue weighted by molar-refractivity contribution is 5.82. The van der Waals surface area contributed by atoms with Gasteiger partial charge in [-0.25, -0.2) is 4.79 Å². The van der Waals surface area contributed by atoms with Crippen molar-refractivity contribution in [3.63, 3.8) is 0 Å². The van der Waals surface area contributed by atoms with E-state index in [1.54, 1.807) is 6.20 Å². The van der Waals surface area contributed by atoms with Crippen molar-refractivity contribution >= 4 is 11.1 Å². The van der Waals surface area contributed by atoms with E-state index in [1.165, 1.54) is 4.57 Å². The van der Waals surface area contributed by atoms with Crippen LogP contribution in [-0.2, 0) is 4.74 Å².